The Labute approximate surface area is 188 Å². The number of hydrogen-bond acceptors (Lipinski definition) is 5. The first-order valence-corrected chi connectivity index (χ1v) is 9.96. The average Bonchev–Trinajstić information content (AvgIpc) is 3.05. The van der Waals surface area contributed by atoms with Gasteiger partial charge in [-0.05, 0) is 53.6 Å². The molecule has 4 rings (SSSR count). The third-order valence-electron chi connectivity index (χ3n) is 5.41. The quantitative estimate of drug-likeness (QED) is 0.343. The highest BCUT2D eigenvalue weighted by Crippen LogP contribution is 2.42. The van der Waals surface area contributed by atoms with Crippen molar-refractivity contribution in [2.24, 2.45) is 0 Å². The van der Waals surface area contributed by atoms with Crippen LogP contribution in [0.25, 0.3) is 5.76 Å². The number of ketones is 1. The Bertz CT molecular complexity index is 1270. The molecule has 1 heterocycles. The van der Waals surface area contributed by atoms with Gasteiger partial charge < -0.3 is 19.8 Å². The van der Waals surface area contributed by atoms with Crippen molar-refractivity contribution in [3.05, 3.63) is 101 Å². The number of methoxy groups -OCH3 is 1. The van der Waals surface area contributed by atoms with Crippen LogP contribution in [-0.2, 0) is 16.1 Å². The van der Waals surface area contributed by atoms with Gasteiger partial charge in [0.05, 0.1) is 24.3 Å². The number of nitrogens with zero attached hydrogens (tertiary/aromatic N) is 1. The van der Waals surface area contributed by atoms with Crippen LogP contribution in [0.2, 0.25) is 0 Å². The summed E-state index contributed by atoms with van der Waals surface area (Å²) in [5.74, 6) is -3.62. The number of benzene rings is 3. The van der Waals surface area contributed by atoms with Crippen LogP contribution in [0.4, 0.5) is 8.78 Å². The molecular formula is C25H19F2NO5. The predicted molar refractivity (Wildman–Crippen MR) is 115 cm³/mol. The van der Waals surface area contributed by atoms with Crippen molar-refractivity contribution in [3.63, 3.8) is 0 Å². The van der Waals surface area contributed by atoms with E-state index in [0.29, 0.717) is 11.1 Å². The van der Waals surface area contributed by atoms with Crippen molar-refractivity contribution in [3.8, 4) is 11.5 Å². The Morgan fingerprint density at radius 1 is 1.00 bits per heavy atom. The van der Waals surface area contributed by atoms with E-state index in [0.717, 1.165) is 12.1 Å². The van der Waals surface area contributed by atoms with E-state index in [9.17, 15) is 28.6 Å². The number of carbonyl (C=O) groups is 2. The number of Topliss-reactive ketones (excluding diaryl/α,β-unsaturated/α-hetero) is 1. The molecule has 2 N–H and O–H groups in total. The molecule has 1 unspecified atom stereocenters. The summed E-state index contributed by atoms with van der Waals surface area (Å²) in [6.07, 6.45) is 0. The van der Waals surface area contributed by atoms with Crippen LogP contribution >= 0.6 is 0 Å². The van der Waals surface area contributed by atoms with Crippen molar-refractivity contribution in [2.75, 3.05) is 7.11 Å². The molecule has 6 nitrogen and oxygen atoms in total. The summed E-state index contributed by atoms with van der Waals surface area (Å²) in [7, 11) is 1.32. The van der Waals surface area contributed by atoms with Gasteiger partial charge in [-0.2, -0.15) is 0 Å². The zero-order valence-electron chi connectivity index (χ0n) is 17.5. The number of hydrogen-bond donors (Lipinski definition) is 2. The molecule has 1 atom stereocenters. The summed E-state index contributed by atoms with van der Waals surface area (Å²) in [6, 6.07) is 13.7. The molecule has 8 heteroatoms. The molecule has 1 saturated heterocycles. The molecule has 1 aliphatic rings. The van der Waals surface area contributed by atoms with Crippen molar-refractivity contribution in [1.29, 1.82) is 0 Å². The predicted octanol–water partition coefficient (Wildman–Crippen LogP) is 4.30. The highest BCUT2D eigenvalue weighted by atomic mass is 19.1. The monoisotopic (exact) mass is 451 g/mol. The number of amides is 1. The Morgan fingerprint density at radius 2 is 1.70 bits per heavy atom. The number of halogens is 2. The van der Waals surface area contributed by atoms with E-state index in [1.165, 1.54) is 60.5 Å². The number of aliphatic hydroxyl groups excluding tert-OH is 1. The third kappa shape index (κ3) is 4.15. The molecule has 1 amide bonds. The fourth-order valence-electron chi connectivity index (χ4n) is 3.88. The van der Waals surface area contributed by atoms with E-state index in [1.807, 2.05) is 0 Å². The zero-order valence-corrected chi connectivity index (χ0v) is 17.5. The molecule has 0 radical (unpaired) electrons. The third-order valence-corrected chi connectivity index (χ3v) is 5.41. The van der Waals surface area contributed by atoms with E-state index < -0.39 is 35.1 Å². The lowest BCUT2D eigenvalue weighted by Crippen LogP contribution is -2.29. The SMILES string of the molecule is COc1ccc(F)cc1/C(O)=C1\C(=O)C(=O)N(Cc2ccc(F)cc2)C1c1cccc(O)c1. The highest BCUT2D eigenvalue weighted by Gasteiger charge is 2.46. The van der Waals surface area contributed by atoms with Crippen molar-refractivity contribution < 1.29 is 33.3 Å². The van der Waals surface area contributed by atoms with Crippen LogP contribution in [0.5, 0.6) is 11.5 Å². The molecule has 168 valence electrons. The maximum atomic E-state index is 14.0. The van der Waals surface area contributed by atoms with Crippen molar-refractivity contribution in [2.45, 2.75) is 12.6 Å². The van der Waals surface area contributed by atoms with Crippen LogP contribution in [0, 0.1) is 11.6 Å². The Hall–Kier alpha value is -4.20. The van der Waals surface area contributed by atoms with Gasteiger partial charge in [-0.1, -0.05) is 24.3 Å². The Balaban J connectivity index is 1.90. The van der Waals surface area contributed by atoms with Crippen LogP contribution < -0.4 is 4.74 Å². The minimum absolute atomic E-state index is 0.0672. The molecular weight excluding hydrogens is 432 g/mol. The van der Waals surface area contributed by atoms with Gasteiger partial charge in [0.15, 0.2) is 0 Å². The van der Waals surface area contributed by atoms with Gasteiger partial charge in [-0.3, -0.25) is 9.59 Å². The second-order valence-corrected chi connectivity index (χ2v) is 7.49. The van der Waals surface area contributed by atoms with Gasteiger partial charge in [0, 0.05) is 6.54 Å². The number of ether oxygens (including phenoxy) is 1. The minimum Gasteiger partial charge on any atom is -0.508 e. The Morgan fingerprint density at radius 3 is 2.36 bits per heavy atom. The highest BCUT2D eigenvalue weighted by molar-refractivity contribution is 6.46. The van der Waals surface area contributed by atoms with Gasteiger partial charge in [-0.25, -0.2) is 8.78 Å². The smallest absolute Gasteiger partial charge is 0.295 e. The molecule has 0 aromatic heterocycles. The van der Waals surface area contributed by atoms with Crippen molar-refractivity contribution in [1.82, 2.24) is 4.90 Å². The van der Waals surface area contributed by atoms with Crippen molar-refractivity contribution >= 4 is 17.4 Å². The number of aliphatic hydroxyl groups is 1. The standard InChI is InChI=1S/C25H19F2NO5/c1-33-20-10-9-17(27)12-19(20)23(30)21-22(15-3-2-4-18(29)11-15)28(25(32)24(21)31)13-14-5-7-16(26)8-6-14/h2-12,22,29-30H,13H2,1H3/b23-21+. The number of phenolic OH excluding ortho intramolecular Hbond substituents is 1. The molecule has 0 bridgehead atoms. The van der Waals surface area contributed by atoms with Crippen LogP contribution in [-0.4, -0.2) is 33.9 Å². The van der Waals surface area contributed by atoms with E-state index in [4.69, 9.17) is 4.74 Å². The van der Waals surface area contributed by atoms with Gasteiger partial charge in [0.1, 0.15) is 28.9 Å². The fourth-order valence-corrected chi connectivity index (χ4v) is 3.88. The molecule has 0 spiro atoms. The van der Waals surface area contributed by atoms with Gasteiger partial charge in [0.25, 0.3) is 11.7 Å². The van der Waals surface area contributed by atoms with Crippen LogP contribution in [0.3, 0.4) is 0 Å². The molecule has 33 heavy (non-hydrogen) atoms. The molecule has 0 aliphatic carbocycles. The normalized spacial score (nSPS) is 17.4. The Kier molecular flexibility index (Phi) is 5.83. The summed E-state index contributed by atoms with van der Waals surface area (Å²) in [5, 5.41) is 21.1. The fraction of sp³-hybridized carbons (Fsp3) is 0.120. The number of rotatable bonds is 5. The lowest BCUT2D eigenvalue weighted by atomic mass is 9.94. The second-order valence-electron chi connectivity index (χ2n) is 7.49. The molecule has 1 aliphatic heterocycles. The lowest BCUT2D eigenvalue weighted by Gasteiger charge is -2.25. The molecule has 1 fully saturated rings. The summed E-state index contributed by atoms with van der Waals surface area (Å²) >= 11 is 0. The maximum Gasteiger partial charge on any atom is 0.295 e. The maximum absolute atomic E-state index is 14.0. The second kappa shape index (κ2) is 8.74. The number of likely N-dealkylation sites (tertiary alicyclic amines) is 1. The first kappa shape index (κ1) is 22.0. The number of aromatic hydroxyl groups is 1. The van der Waals surface area contributed by atoms with Gasteiger partial charge in [0.2, 0.25) is 0 Å². The average molecular weight is 451 g/mol. The minimum atomic E-state index is -1.09. The largest absolute Gasteiger partial charge is 0.508 e. The summed E-state index contributed by atoms with van der Waals surface area (Å²) < 4.78 is 32.5. The first-order chi connectivity index (χ1) is 15.8. The van der Waals surface area contributed by atoms with Gasteiger partial charge in [-0.15, -0.1) is 0 Å². The summed E-state index contributed by atoms with van der Waals surface area (Å²) in [4.78, 5) is 27.3. The van der Waals surface area contributed by atoms with Crippen LogP contribution in [0.15, 0.2) is 72.3 Å². The topological polar surface area (TPSA) is 87.1 Å². The zero-order chi connectivity index (χ0) is 23.7. The molecule has 3 aromatic carbocycles. The summed E-state index contributed by atoms with van der Waals surface area (Å²) in [6.45, 7) is -0.0672. The van der Waals surface area contributed by atoms with Gasteiger partial charge >= 0.3 is 0 Å². The van der Waals surface area contributed by atoms with E-state index in [1.54, 1.807) is 6.07 Å². The van der Waals surface area contributed by atoms with E-state index >= 15 is 0 Å². The number of phenols is 1. The van der Waals surface area contributed by atoms with E-state index in [2.05, 4.69) is 0 Å². The summed E-state index contributed by atoms with van der Waals surface area (Å²) in [5.41, 5.74) is 0.527. The number of carbonyl (C=O) groups excluding carboxylic acids is 2. The van der Waals surface area contributed by atoms with E-state index in [-0.39, 0.29) is 29.2 Å². The lowest BCUT2D eigenvalue weighted by molar-refractivity contribution is -0.140. The molecule has 3 aromatic rings. The first-order valence-electron chi connectivity index (χ1n) is 9.96. The molecule has 0 saturated carbocycles. The van der Waals surface area contributed by atoms with Crippen LogP contribution in [0.1, 0.15) is 22.7 Å².